The van der Waals surface area contributed by atoms with Crippen LogP contribution in [0.15, 0.2) is 42.6 Å². The number of nitrogens with one attached hydrogen (secondary N) is 1. The van der Waals surface area contributed by atoms with E-state index in [9.17, 15) is 13.7 Å². The Morgan fingerprint density at radius 3 is 2.86 bits per heavy atom. The number of rotatable bonds is 5. The first-order valence-corrected chi connectivity index (χ1v) is 8.86. The molecule has 1 aromatic heterocycles. The fourth-order valence-electron chi connectivity index (χ4n) is 3.41. The minimum Gasteiger partial charge on any atom is -0.454 e. The number of nitrogens with zero attached hydrogens (tertiary/aromatic N) is 2. The van der Waals surface area contributed by atoms with E-state index in [1.807, 2.05) is 0 Å². The lowest BCUT2D eigenvalue weighted by molar-refractivity contribution is 0.134. The van der Waals surface area contributed by atoms with Gasteiger partial charge in [0, 0.05) is 42.2 Å². The molecule has 1 amide bonds. The van der Waals surface area contributed by atoms with E-state index >= 15 is 0 Å². The van der Waals surface area contributed by atoms with Gasteiger partial charge in [-0.3, -0.25) is 5.41 Å². The lowest BCUT2D eigenvalue weighted by Crippen LogP contribution is -2.20. The third kappa shape index (κ3) is 3.46. The molecule has 1 aliphatic rings. The summed E-state index contributed by atoms with van der Waals surface area (Å²) in [5.41, 5.74) is 6.37. The number of nitrogens with two attached hydrogens (primary N) is 1. The zero-order chi connectivity index (χ0) is 20.7. The number of amides is 1. The molecule has 4 rings (SSSR count). The van der Waals surface area contributed by atoms with E-state index in [2.05, 4.69) is 0 Å². The topological polar surface area (TPSA) is 93.6 Å². The number of carbonyl (C=O) groups excluding carboxylic acids is 1. The Morgan fingerprint density at radius 1 is 1.38 bits per heavy atom. The molecule has 0 saturated carbocycles. The van der Waals surface area contributed by atoms with Crippen molar-refractivity contribution in [3.63, 3.8) is 0 Å². The maximum Gasteiger partial charge on any atom is 0.409 e. The van der Waals surface area contributed by atoms with Crippen LogP contribution in [0, 0.1) is 11.2 Å². The molecule has 0 spiro atoms. The fourth-order valence-corrected chi connectivity index (χ4v) is 3.41. The number of amidine groups is 1. The highest BCUT2D eigenvalue weighted by Gasteiger charge is 2.31. The monoisotopic (exact) mass is 400 g/mol. The van der Waals surface area contributed by atoms with Gasteiger partial charge in [-0.2, -0.15) is 4.79 Å². The van der Waals surface area contributed by atoms with Gasteiger partial charge in [0.25, 0.3) is 0 Å². The lowest BCUT2D eigenvalue weighted by Gasteiger charge is -2.16. The van der Waals surface area contributed by atoms with E-state index < -0.39 is 18.0 Å². The number of ether oxygens (including phenoxy) is 2. The Balaban J connectivity index is 1.78. The van der Waals surface area contributed by atoms with Crippen molar-refractivity contribution in [1.82, 2.24) is 9.69 Å². The summed E-state index contributed by atoms with van der Waals surface area (Å²) in [5.74, 6) is -0.717. The summed E-state index contributed by atoms with van der Waals surface area (Å²) < 4.78 is 40.0. The van der Waals surface area contributed by atoms with Crippen LogP contribution in [0.3, 0.4) is 0 Å². The Hall–Kier alpha value is -3.62. The van der Waals surface area contributed by atoms with Gasteiger partial charge in [0.2, 0.25) is 0 Å². The first-order valence-electron chi connectivity index (χ1n) is 8.86. The van der Waals surface area contributed by atoms with Crippen LogP contribution >= 0.6 is 0 Å². The van der Waals surface area contributed by atoms with Gasteiger partial charge in [0.1, 0.15) is 17.7 Å². The highest BCUT2D eigenvalue weighted by Crippen LogP contribution is 2.37. The molecule has 1 saturated heterocycles. The number of hydrogen-bond acceptors (Lipinski definition) is 4. The first kappa shape index (κ1) is 18.7. The standard InChI is InChI=1S/C20H18F2N4O3/c1-25-10-13(29-20(25)27)8-15-14-5-6-26(22)17(14)9-16(21)18(15)28-12-4-2-3-11(7-12)19(23)24/h2-7,9,13H,8,10H2,1H3,(H3,23,24). The number of aromatic nitrogens is 1. The molecule has 1 atom stereocenters. The molecule has 1 fully saturated rings. The van der Waals surface area contributed by atoms with Crippen molar-refractivity contribution in [1.29, 1.82) is 5.41 Å². The summed E-state index contributed by atoms with van der Waals surface area (Å²) in [6.45, 7) is 0.326. The number of cyclic esters (lactones) is 1. The van der Waals surface area contributed by atoms with Crippen molar-refractivity contribution in [2.45, 2.75) is 12.5 Å². The Labute approximate surface area is 164 Å². The van der Waals surface area contributed by atoms with E-state index in [0.29, 0.717) is 27.8 Å². The maximum absolute atomic E-state index is 14.9. The van der Waals surface area contributed by atoms with Crippen LogP contribution in [0.4, 0.5) is 13.7 Å². The Kier molecular flexibility index (Phi) is 4.57. The molecule has 29 heavy (non-hydrogen) atoms. The number of nitrogen functional groups attached to an aromatic ring is 1. The summed E-state index contributed by atoms with van der Waals surface area (Å²) >= 11 is 0. The predicted octanol–water partition coefficient (Wildman–Crippen LogP) is 3.58. The minimum absolute atomic E-state index is 0.0556. The van der Waals surface area contributed by atoms with Gasteiger partial charge in [0.05, 0.1) is 12.1 Å². The van der Waals surface area contributed by atoms with Crippen LogP contribution < -0.4 is 10.5 Å². The van der Waals surface area contributed by atoms with Gasteiger partial charge in [-0.1, -0.05) is 16.6 Å². The number of benzene rings is 2. The van der Waals surface area contributed by atoms with Gasteiger partial charge in [-0.25, -0.2) is 9.18 Å². The van der Waals surface area contributed by atoms with Crippen molar-refractivity contribution in [2.24, 2.45) is 5.73 Å². The Bertz CT molecular complexity index is 1130. The van der Waals surface area contributed by atoms with E-state index in [4.69, 9.17) is 20.6 Å². The van der Waals surface area contributed by atoms with Gasteiger partial charge in [0.15, 0.2) is 11.6 Å². The number of carbonyl (C=O) groups is 1. The molecule has 9 heteroatoms. The van der Waals surface area contributed by atoms with Crippen molar-refractivity contribution >= 4 is 22.8 Å². The SMILES string of the molecule is CN1CC(Cc2c(Oc3cccc(C(=N)N)c3)c(F)cc3c2ccn3F)OC1=O. The van der Waals surface area contributed by atoms with Crippen LogP contribution in [0.25, 0.3) is 10.9 Å². The third-order valence-electron chi connectivity index (χ3n) is 4.81. The molecule has 1 aliphatic heterocycles. The first-order chi connectivity index (χ1) is 13.8. The van der Waals surface area contributed by atoms with Gasteiger partial charge >= 0.3 is 6.09 Å². The minimum atomic E-state index is -0.754. The van der Waals surface area contributed by atoms with Crippen molar-refractivity contribution in [3.8, 4) is 11.5 Å². The number of halogens is 2. The molecular weight excluding hydrogens is 382 g/mol. The maximum atomic E-state index is 14.9. The van der Waals surface area contributed by atoms with E-state index in [-0.39, 0.29) is 29.3 Å². The second-order valence-corrected chi connectivity index (χ2v) is 6.86. The molecule has 1 unspecified atom stereocenters. The number of likely N-dealkylation sites (N-methyl/N-ethyl adjacent to an activating group) is 1. The van der Waals surface area contributed by atoms with Gasteiger partial charge < -0.3 is 20.1 Å². The zero-order valence-electron chi connectivity index (χ0n) is 15.5. The average molecular weight is 400 g/mol. The lowest BCUT2D eigenvalue weighted by atomic mass is 10.0. The largest absolute Gasteiger partial charge is 0.454 e. The molecule has 0 radical (unpaired) electrons. The predicted molar refractivity (Wildman–Crippen MR) is 103 cm³/mol. The fraction of sp³-hybridized carbons (Fsp3) is 0.200. The number of hydrogen-bond donors (Lipinski definition) is 2. The normalized spacial score (nSPS) is 16.3. The summed E-state index contributed by atoms with van der Waals surface area (Å²) in [6.07, 6.45) is 0.338. The summed E-state index contributed by atoms with van der Waals surface area (Å²) in [4.78, 5) is 13.4. The van der Waals surface area contributed by atoms with E-state index in [0.717, 1.165) is 6.07 Å². The summed E-state index contributed by atoms with van der Waals surface area (Å²) in [7, 11) is 1.60. The van der Waals surface area contributed by atoms with Crippen molar-refractivity contribution in [3.05, 3.63) is 59.5 Å². The third-order valence-corrected chi connectivity index (χ3v) is 4.81. The highest BCUT2D eigenvalue weighted by molar-refractivity contribution is 5.95. The van der Waals surface area contributed by atoms with E-state index in [1.165, 1.54) is 23.2 Å². The average Bonchev–Trinajstić information content (AvgIpc) is 3.20. The quantitative estimate of drug-likeness (QED) is 0.506. The van der Waals surface area contributed by atoms with Crippen molar-refractivity contribution in [2.75, 3.05) is 13.6 Å². The van der Waals surface area contributed by atoms with Crippen LogP contribution in [-0.2, 0) is 11.2 Å². The Morgan fingerprint density at radius 2 is 2.17 bits per heavy atom. The van der Waals surface area contributed by atoms with Crippen LogP contribution in [0.5, 0.6) is 11.5 Å². The molecule has 150 valence electrons. The van der Waals surface area contributed by atoms with Crippen LogP contribution in [0.1, 0.15) is 11.1 Å². The molecule has 0 aliphatic carbocycles. The molecule has 3 aromatic rings. The number of fused-ring (bicyclic) bond motifs is 1. The molecular formula is C20H18F2N4O3. The second kappa shape index (κ2) is 7.08. The van der Waals surface area contributed by atoms with E-state index in [1.54, 1.807) is 25.2 Å². The summed E-state index contributed by atoms with van der Waals surface area (Å²) in [6, 6.07) is 8.95. The van der Waals surface area contributed by atoms with Gasteiger partial charge in [-0.15, -0.1) is 0 Å². The molecule has 2 heterocycles. The molecule has 2 aromatic carbocycles. The summed E-state index contributed by atoms with van der Waals surface area (Å²) in [5, 5.41) is 8.00. The highest BCUT2D eigenvalue weighted by atomic mass is 19.2. The molecule has 3 N–H and O–H groups in total. The molecule has 7 nitrogen and oxygen atoms in total. The van der Waals surface area contributed by atoms with Crippen molar-refractivity contribution < 1.29 is 23.1 Å². The van der Waals surface area contributed by atoms with Gasteiger partial charge in [-0.05, 0) is 18.2 Å². The second-order valence-electron chi connectivity index (χ2n) is 6.86. The van der Waals surface area contributed by atoms with Crippen LogP contribution in [-0.4, -0.2) is 41.3 Å². The van der Waals surface area contributed by atoms with Crippen LogP contribution in [0.2, 0.25) is 0 Å². The molecule has 0 bridgehead atoms. The zero-order valence-corrected chi connectivity index (χ0v) is 15.5. The smallest absolute Gasteiger partial charge is 0.409 e.